The van der Waals surface area contributed by atoms with Gasteiger partial charge in [0.15, 0.2) is 11.9 Å². The fraction of sp³-hybridized carbons (Fsp3) is 0.625. The highest BCUT2D eigenvalue weighted by molar-refractivity contribution is 7.90. The first-order valence-electron chi connectivity index (χ1n) is 11.7. The third-order valence-corrected chi connectivity index (χ3v) is 6.29. The maximum absolute atomic E-state index is 14.1. The molecule has 0 aliphatic carbocycles. The Hall–Kier alpha value is -2.71. The van der Waals surface area contributed by atoms with Gasteiger partial charge in [-0.05, 0) is 41.5 Å². The molecule has 1 aliphatic rings. The van der Waals surface area contributed by atoms with E-state index in [1.165, 1.54) is 18.2 Å². The van der Waals surface area contributed by atoms with Crippen LogP contribution < -0.4 is 5.32 Å². The summed E-state index contributed by atoms with van der Waals surface area (Å²) in [6, 6.07) is 3.73. The molecule has 1 heterocycles. The van der Waals surface area contributed by atoms with Gasteiger partial charge in [-0.15, -0.1) is 0 Å². The minimum Gasteiger partial charge on any atom is -0.458 e. The number of carbonyl (C=O) groups excluding carboxylic acids is 2. The van der Waals surface area contributed by atoms with Gasteiger partial charge < -0.3 is 24.6 Å². The molecule has 214 valence electrons. The van der Waals surface area contributed by atoms with Gasteiger partial charge in [0.2, 0.25) is 0 Å². The topological polar surface area (TPSA) is 141 Å². The van der Waals surface area contributed by atoms with Crippen molar-refractivity contribution in [1.82, 2.24) is 5.32 Å². The molecule has 0 radical (unpaired) electrons. The van der Waals surface area contributed by atoms with Crippen LogP contribution in [0.25, 0.3) is 0 Å². The lowest BCUT2D eigenvalue weighted by molar-refractivity contribution is -0.314. The molecule has 0 aromatic heterocycles. The highest BCUT2D eigenvalue weighted by Gasteiger charge is 2.62. The van der Waals surface area contributed by atoms with E-state index in [0.29, 0.717) is 0 Å². The summed E-state index contributed by atoms with van der Waals surface area (Å²) in [6.45, 7) is 9.56. The summed E-state index contributed by atoms with van der Waals surface area (Å²) in [5.41, 5.74) is -5.36. The lowest BCUT2D eigenvalue weighted by Gasteiger charge is -2.31. The standard InChI is InChI=1S/C24H33F3N2O8S/c1-21(2,3)35-19(31)17(29-20(32)37-22(4,5)6)11-13-28-38(33,34)14-12-23(24(25,26)27)16-10-8-7-9-15(16)18(30)36-23/h7-10,13,17-18,30H,11-12,14H2,1-6H3,(H,29,32)/t17-,18?,23?/m0/s1. The van der Waals surface area contributed by atoms with E-state index in [1.54, 1.807) is 41.5 Å². The van der Waals surface area contributed by atoms with Gasteiger partial charge in [0.25, 0.3) is 10.0 Å². The van der Waals surface area contributed by atoms with Crippen molar-refractivity contribution in [1.29, 1.82) is 0 Å². The number of alkyl carbamates (subject to hydrolysis) is 1. The molecule has 3 atom stereocenters. The van der Waals surface area contributed by atoms with Gasteiger partial charge >= 0.3 is 18.2 Å². The Labute approximate surface area is 219 Å². The third kappa shape index (κ3) is 8.40. The fourth-order valence-corrected chi connectivity index (χ4v) is 4.54. The maximum Gasteiger partial charge on any atom is 0.421 e. The van der Waals surface area contributed by atoms with Gasteiger partial charge in [0, 0.05) is 30.2 Å². The van der Waals surface area contributed by atoms with Crippen molar-refractivity contribution < 1.29 is 50.5 Å². The van der Waals surface area contributed by atoms with E-state index in [9.17, 15) is 36.3 Å². The molecule has 1 aliphatic heterocycles. The molecule has 38 heavy (non-hydrogen) atoms. The van der Waals surface area contributed by atoms with Gasteiger partial charge in [0.05, 0.1) is 5.75 Å². The summed E-state index contributed by atoms with van der Waals surface area (Å²) in [5.74, 6) is -1.98. The van der Waals surface area contributed by atoms with Crippen LogP contribution in [0.1, 0.15) is 71.8 Å². The van der Waals surface area contributed by atoms with Gasteiger partial charge in [-0.25, -0.2) is 18.0 Å². The van der Waals surface area contributed by atoms with Gasteiger partial charge in [-0.2, -0.15) is 17.6 Å². The van der Waals surface area contributed by atoms with Crippen LogP contribution in [0.2, 0.25) is 0 Å². The highest BCUT2D eigenvalue weighted by atomic mass is 32.2. The number of aliphatic hydroxyl groups excluding tert-OH is 1. The molecular formula is C24H33F3N2O8S. The van der Waals surface area contributed by atoms with Crippen molar-refractivity contribution in [2.45, 2.75) is 89.7 Å². The van der Waals surface area contributed by atoms with Gasteiger partial charge in [-0.3, -0.25) is 0 Å². The molecule has 10 nitrogen and oxygen atoms in total. The first-order valence-corrected chi connectivity index (χ1v) is 13.3. The SMILES string of the molecule is CC(C)(C)OC(=O)N[C@@H](CC=NS(=O)(=O)CCC1(C(F)(F)F)OC(O)c2ccccc21)C(=O)OC(C)(C)C. The fourth-order valence-electron chi connectivity index (χ4n) is 3.58. The monoisotopic (exact) mass is 566 g/mol. The number of ether oxygens (including phenoxy) is 3. The summed E-state index contributed by atoms with van der Waals surface area (Å²) in [4.78, 5) is 24.7. The number of nitrogens with zero attached hydrogens (tertiary/aromatic N) is 1. The molecule has 1 aromatic carbocycles. The van der Waals surface area contributed by atoms with E-state index in [-0.39, 0.29) is 11.1 Å². The molecule has 0 saturated heterocycles. The van der Waals surface area contributed by atoms with Crippen molar-refractivity contribution in [2.24, 2.45) is 4.40 Å². The Morgan fingerprint density at radius 3 is 2.26 bits per heavy atom. The van der Waals surface area contributed by atoms with Crippen molar-refractivity contribution in [2.75, 3.05) is 5.75 Å². The molecule has 1 aromatic rings. The summed E-state index contributed by atoms with van der Waals surface area (Å²) < 4.78 is 85.9. The molecular weight excluding hydrogens is 533 g/mol. The number of fused-ring (bicyclic) bond motifs is 1. The molecule has 0 fully saturated rings. The van der Waals surface area contributed by atoms with Crippen LogP contribution in [0.4, 0.5) is 18.0 Å². The molecule has 0 spiro atoms. The molecule has 1 amide bonds. The van der Waals surface area contributed by atoms with Crippen molar-refractivity contribution >= 4 is 28.3 Å². The largest absolute Gasteiger partial charge is 0.458 e. The average molecular weight is 567 g/mol. The number of amides is 1. The number of rotatable bonds is 8. The number of nitrogens with one attached hydrogen (secondary N) is 1. The number of halogens is 3. The molecule has 0 bridgehead atoms. The number of hydrogen-bond acceptors (Lipinski definition) is 8. The number of sulfonamides is 1. The number of carbonyl (C=O) groups is 2. The van der Waals surface area contributed by atoms with Crippen LogP contribution in [0.5, 0.6) is 0 Å². The van der Waals surface area contributed by atoms with Crippen molar-refractivity contribution in [3.05, 3.63) is 35.4 Å². The minimum absolute atomic E-state index is 0.112. The maximum atomic E-state index is 14.1. The highest BCUT2D eigenvalue weighted by Crippen LogP contribution is 2.53. The van der Waals surface area contributed by atoms with E-state index in [4.69, 9.17) is 14.2 Å². The van der Waals surface area contributed by atoms with E-state index in [1.807, 2.05) is 0 Å². The second-order valence-corrected chi connectivity index (χ2v) is 12.5. The van der Waals surface area contributed by atoms with Crippen molar-refractivity contribution in [3.63, 3.8) is 0 Å². The second-order valence-electron chi connectivity index (χ2n) is 10.7. The van der Waals surface area contributed by atoms with E-state index >= 15 is 0 Å². The predicted molar refractivity (Wildman–Crippen MR) is 131 cm³/mol. The molecule has 2 N–H and O–H groups in total. The third-order valence-electron chi connectivity index (χ3n) is 5.10. The lowest BCUT2D eigenvalue weighted by Crippen LogP contribution is -2.46. The van der Waals surface area contributed by atoms with E-state index < -0.39 is 76.0 Å². The Morgan fingerprint density at radius 2 is 1.71 bits per heavy atom. The van der Waals surface area contributed by atoms with Crippen LogP contribution in [0.3, 0.4) is 0 Å². The summed E-state index contributed by atoms with van der Waals surface area (Å²) in [6.07, 6.45) is -8.62. The zero-order chi connectivity index (χ0) is 29.2. The van der Waals surface area contributed by atoms with Gasteiger partial charge in [-0.1, -0.05) is 24.3 Å². The normalized spacial score (nSPS) is 21.2. The first-order chi connectivity index (χ1) is 17.2. The predicted octanol–water partition coefficient (Wildman–Crippen LogP) is 3.88. The number of aliphatic hydroxyl groups is 1. The lowest BCUT2D eigenvalue weighted by atomic mass is 9.89. The van der Waals surface area contributed by atoms with E-state index in [2.05, 4.69) is 9.71 Å². The zero-order valence-corrected chi connectivity index (χ0v) is 22.8. The number of hydrogen-bond donors (Lipinski definition) is 2. The molecule has 2 unspecified atom stereocenters. The number of alkyl halides is 3. The average Bonchev–Trinajstić information content (AvgIpc) is 3.02. The summed E-state index contributed by atoms with van der Waals surface area (Å²) in [7, 11) is -4.49. The zero-order valence-electron chi connectivity index (χ0n) is 22.0. The second kappa shape index (κ2) is 11.2. The minimum atomic E-state index is -5.04. The number of esters is 1. The van der Waals surface area contributed by atoms with Crippen LogP contribution in [-0.2, 0) is 34.6 Å². The first kappa shape index (κ1) is 31.5. The quantitative estimate of drug-likeness (QED) is 0.357. The molecule has 2 rings (SSSR count). The summed E-state index contributed by atoms with van der Waals surface area (Å²) in [5, 5.41) is 12.3. The molecule has 0 saturated carbocycles. The Bertz CT molecular complexity index is 1160. The van der Waals surface area contributed by atoms with E-state index in [0.717, 1.165) is 12.3 Å². The Morgan fingerprint density at radius 1 is 1.13 bits per heavy atom. The Kier molecular flexibility index (Phi) is 9.27. The van der Waals surface area contributed by atoms with Crippen LogP contribution in [0.15, 0.2) is 28.7 Å². The van der Waals surface area contributed by atoms with Crippen LogP contribution in [-0.4, -0.2) is 61.0 Å². The summed E-state index contributed by atoms with van der Waals surface area (Å²) >= 11 is 0. The Balaban J connectivity index is 2.19. The van der Waals surface area contributed by atoms with Crippen molar-refractivity contribution in [3.8, 4) is 0 Å². The van der Waals surface area contributed by atoms with Crippen LogP contribution in [0, 0.1) is 0 Å². The van der Waals surface area contributed by atoms with Crippen LogP contribution >= 0.6 is 0 Å². The molecule has 14 heteroatoms. The smallest absolute Gasteiger partial charge is 0.421 e. The van der Waals surface area contributed by atoms with Gasteiger partial charge in [0.1, 0.15) is 17.2 Å². The number of benzene rings is 1.